The summed E-state index contributed by atoms with van der Waals surface area (Å²) in [6.45, 7) is 1.79. The van der Waals surface area contributed by atoms with Gasteiger partial charge in [-0.15, -0.1) is 0 Å². The first-order chi connectivity index (χ1) is 14.9. The molecule has 2 aromatic rings. The van der Waals surface area contributed by atoms with E-state index in [-0.39, 0.29) is 35.5 Å². The lowest BCUT2D eigenvalue weighted by Crippen LogP contribution is -2.42. The number of benzene rings is 1. The second-order valence-electron chi connectivity index (χ2n) is 8.13. The van der Waals surface area contributed by atoms with E-state index in [2.05, 4.69) is 5.10 Å². The molecule has 0 bridgehead atoms. The van der Waals surface area contributed by atoms with Gasteiger partial charge in [-0.25, -0.2) is 13.9 Å². The monoisotopic (exact) mass is 449 g/mol. The maximum atomic E-state index is 14.2. The Bertz CT molecular complexity index is 1040. The van der Waals surface area contributed by atoms with Gasteiger partial charge in [0, 0.05) is 37.3 Å². The summed E-state index contributed by atoms with van der Waals surface area (Å²) < 4.78 is 16.8. The van der Waals surface area contributed by atoms with Crippen molar-refractivity contribution in [3.8, 4) is 0 Å². The van der Waals surface area contributed by atoms with Crippen LogP contribution in [0.4, 0.5) is 4.39 Å². The van der Waals surface area contributed by atoms with Gasteiger partial charge in [0.15, 0.2) is 0 Å². The molecule has 0 radical (unpaired) electrons. The van der Waals surface area contributed by atoms with Gasteiger partial charge in [0.05, 0.1) is 19.0 Å². The highest BCUT2D eigenvalue weighted by atomic mass is 35.5. The van der Waals surface area contributed by atoms with Crippen LogP contribution in [0.5, 0.6) is 0 Å². The highest BCUT2D eigenvalue weighted by Gasteiger charge is 2.34. The number of aromatic nitrogens is 3. The Kier molecular flexibility index (Phi) is 6.13. The summed E-state index contributed by atoms with van der Waals surface area (Å²) in [6.07, 6.45) is 3.16. The summed E-state index contributed by atoms with van der Waals surface area (Å²) in [6, 6.07) is 4.33. The van der Waals surface area contributed by atoms with Crippen LogP contribution in [0, 0.1) is 5.82 Å². The minimum absolute atomic E-state index is 0.00507. The summed E-state index contributed by atoms with van der Waals surface area (Å²) >= 11 is 6.09. The van der Waals surface area contributed by atoms with Crippen LogP contribution in [0.25, 0.3) is 0 Å². The lowest BCUT2D eigenvalue weighted by molar-refractivity contribution is -0.140. The number of amides is 2. The Morgan fingerprint density at radius 2 is 1.97 bits per heavy atom. The maximum absolute atomic E-state index is 14.2. The number of likely N-dealkylation sites (tertiary alicyclic amines) is 1. The molecule has 1 saturated heterocycles. The molecule has 1 fully saturated rings. The summed E-state index contributed by atoms with van der Waals surface area (Å²) in [5, 5.41) is 4.58. The smallest absolute Gasteiger partial charge is 0.341 e. The number of carbonyl (C=O) groups excluding carboxylic acids is 2. The van der Waals surface area contributed by atoms with Crippen LogP contribution < -0.4 is 5.69 Å². The van der Waals surface area contributed by atoms with Gasteiger partial charge in [0.25, 0.3) is 0 Å². The lowest BCUT2D eigenvalue weighted by atomic mass is 9.97. The van der Waals surface area contributed by atoms with E-state index in [0.29, 0.717) is 25.2 Å². The normalized spacial score (nSPS) is 18.2. The Labute approximate surface area is 184 Å². The standard InChI is InChI=1S/C21H25ClFN5O3/c1-25(13-18(29)26-9-2-3-10-26)20(30)14-6-5-11-27-19(14)24-28(21(27)31)12-15-16(22)7-4-8-17(15)23/h4,7-8,14H,2-3,5-6,9-13H2,1H3. The average molecular weight is 450 g/mol. The van der Waals surface area contributed by atoms with Gasteiger partial charge >= 0.3 is 5.69 Å². The van der Waals surface area contributed by atoms with Crippen LogP contribution in [-0.2, 0) is 22.7 Å². The van der Waals surface area contributed by atoms with Gasteiger partial charge in [-0.05, 0) is 37.8 Å². The number of hydrogen-bond acceptors (Lipinski definition) is 4. The molecule has 3 heterocycles. The summed E-state index contributed by atoms with van der Waals surface area (Å²) in [4.78, 5) is 41.6. The van der Waals surface area contributed by atoms with Crippen molar-refractivity contribution < 1.29 is 14.0 Å². The van der Waals surface area contributed by atoms with E-state index >= 15 is 0 Å². The highest BCUT2D eigenvalue weighted by Crippen LogP contribution is 2.27. The number of rotatable bonds is 5. The third-order valence-corrected chi connectivity index (χ3v) is 6.37. The zero-order valence-corrected chi connectivity index (χ0v) is 18.1. The van der Waals surface area contributed by atoms with Gasteiger partial charge in [-0.3, -0.25) is 14.2 Å². The SMILES string of the molecule is CN(CC(=O)N1CCCC1)C(=O)C1CCCn2c1nn(Cc1c(F)cccc1Cl)c2=O. The second kappa shape index (κ2) is 8.82. The van der Waals surface area contributed by atoms with Crippen molar-refractivity contribution >= 4 is 23.4 Å². The van der Waals surface area contributed by atoms with Crippen molar-refractivity contribution in [3.63, 3.8) is 0 Å². The molecule has 1 atom stereocenters. The van der Waals surface area contributed by atoms with E-state index in [1.54, 1.807) is 18.0 Å². The summed E-state index contributed by atoms with van der Waals surface area (Å²) in [5.74, 6) is -1.08. The molecular formula is C21H25ClFN5O3. The fourth-order valence-corrected chi connectivity index (χ4v) is 4.51. The van der Waals surface area contributed by atoms with Crippen LogP contribution in [0.3, 0.4) is 0 Å². The van der Waals surface area contributed by atoms with Crippen molar-refractivity contribution in [2.75, 3.05) is 26.7 Å². The Morgan fingerprint density at radius 3 is 2.68 bits per heavy atom. The number of fused-ring (bicyclic) bond motifs is 1. The fraction of sp³-hybridized carbons (Fsp3) is 0.524. The highest BCUT2D eigenvalue weighted by molar-refractivity contribution is 6.31. The maximum Gasteiger partial charge on any atom is 0.346 e. The molecule has 31 heavy (non-hydrogen) atoms. The van der Waals surface area contributed by atoms with Crippen molar-refractivity contribution in [2.24, 2.45) is 0 Å². The first kappa shape index (κ1) is 21.5. The van der Waals surface area contributed by atoms with Crippen molar-refractivity contribution in [1.29, 1.82) is 0 Å². The topological polar surface area (TPSA) is 80.4 Å². The fourth-order valence-electron chi connectivity index (χ4n) is 4.29. The number of hydrogen-bond donors (Lipinski definition) is 0. The van der Waals surface area contributed by atoms with Crippen molar-refractivity contribution in [3.05, 3.63) is 50.9 Å². The number of nitrogens with zero attached hydrogens (tertiary/aromatic N) is 5. The molecule has 1 unspecified atom stereocenters. The molecule has 0 aliphatic carbocycles. The van der Waals surface area contributed by atoms with Gasteiger partial charge in [-0.2, -0.15) is 5.10 Å². The third-order valence-electron chi connectivity index (χ3n) is 6.01. The molecular weight excluding hydrogens is 425 g/mol. The third kappa shape index (κ3) is 4.23. The van der Waals surface area contributed by atoms with Gasteiger partial charge in [-0.1, -0.05) is 17.7 Å². The first-order valence-electron chi connectivity index (χ1n) is 10.5. The molecule has 0 N–H and O–H groups in total. The van der Waals surface area contributed by atoms with E-state index in [1.807, 2.05) is 0 Å². The minimum atomic E-state index is -0.616. The van der Waals surface area contributed by atoms with E-state index in [9.17, 15) is 18.8 Å². The van der Waals surface area contributed by atoms with Crippen LogP contribution in [0.15, 0.2) is 23.0 Å². The molecule has 166 valence electrons. The zero-order valence-electron chi connectivity index (χ0n) is 17.4. The molecule has 2 aliphatic rings. The first-order valence-corrected chi connectivity index (χ1v) is 10.9. The molecule has 8 nitrogen and oxygen atoms in total. The molecule has 0 spiro atoms. The molecule has 4 rings (SSSR count). The molecule has 0 saturated carbocycles. The molecule has 2 aliphatic heterocycles. The predicted octanol–water partition coefficient (Wildman–Crippen LogP) is 1.84. The largest absolute Gasteiger partial charge is 0.346 e. The minimum Gasteiger partial charge on any atom is -0.341 e. The van der Waals surface area contributed by atoms with Gasteiger partial charge < -0.3 is 9.80 Å². The molecule has 1 aromatic carbocycles. The van der Waals surface area contributed by atoms with Crippen molar-refractivity contribution in [1.82, 2.24) is 24.1 Å². The lowest BCUT2D eigenvalue weighted by Gasteiger charge is -2.27. The van der Waals surface area contributed by atoms with E-state index < -0.39 is 17.4 Å². The van der Waals surface area contributed by atoms with E-state index in [0.717, 1.165) is 30.6 Å². The van der Waals surface area contributed by atoms with Crippen LogP contribution in [0.2, 0.25) is 5.02 Å². The van der Waals surface area contributed by atoms with E-state index in [1.165, 1.54) is 21.6 Å². The van der Waals surface area contributed by atoms with Crippen LogP contribution in [0.1, 0.15) is 43.0 Å². The summed E-state index contributed by atoms with van der Waals surface area (Å²) in [5.41, 5.74) is -0.222. The second-order valence-corrected chi connectivity index (χ2v) is 8.53. The predicted molar refractivity (Wildman–Crippen MR) is 112 cm³/mol. The van der Waals surface area contributed by atoms with Crippen LogP contribution in [-0.4, -0.2) is 62.6 Å². The number of likely N-dealkylation sites (N-methyl/N-ethyl adjacent to an activating group) is 1. The number of carbonyl (C=O) groups is 2. The van der Waals surface area contributed by atoms with Gasteiger partial charge in [0.1, 0.15) is 11.6 Å². The molecule has 10 heteroatoms. The van der Waals surface area contributed by atoms with Gasteiger partial charge in [0.2, 0.25) is 11.8 Å². The van der Waals surface area contributed by atoms with Crippen molar-refractivity contribution in [2.45, 2.75) is 44.7 Å². The summed E-state index contributed by atoms with van der Waals surface area (Å²) in [7, 11) is 1.60. The average Bonchev–Trinajstić information content (AvgIpc) is 3.39. The Balaban J connectivity index is 1.55. The zero-order chi connectivity index (χ0) is 22.1. The van der Waals surface area contributed by atoms with Crippen LogP contribution >= 0.6 is 11.6 Å². The quantitative estimate of drug-likeness (QED) is 0.697. The number of halogens is 2. The Hall–Kier alpha value is -2.68. The van der Waals surface area contributed by atoms with E-state index in [4.69, 9.17) is 11.6 Å². The molecule has 2 amide bonds. The molecule has 1 aromatic heterocycles. The Morgan fingerprint density at radius 1 is 1.23 bits per heavy atom.